The Hall–Kier alpha value is -4.12. The van der Waals surface area contributed by atoms with E-state index in [-0.39, 0.29) is 17.2 Å². The van der Waals surface area contributed by atoms with Gasteiger partial charge in [-0.25, -0.2) is 13.1 Å². The molecule has 1 amide bonds. The van der Waals surface area contributed by atoms with Crippen LogP contribution in [0.2, 0.25) is 0 Å². The number of anilines is 1. The van der Waals surface area contributed by atoms with Crippen molar-refractivity contribution in [2.45, 2.75) is 12.5 Å². The van der Waals surface area contributed by atoms with Crippen molar-refractivity contribution < 1.29 is 27.2 Å². The second kappa shape index (κ2) is 9.50. The van der Waals surface area contributed by atoms with E-state index in [0.29, 0.717) is 35.2 Å². The Morgan fingerprint density at radius 1 is 1.03 bits per heavy atom. The van der Waals surface area contributed by atoms with Gasteiger partial charge in [-0.1, -0.05) is 35.5 Å². The number of amides is 1. The Kier molecular flexibility index (Phi) is 6.23. The van der Waals surface area contributed by atoms with Crippen LogP contribution in [0, 0.1) is 0 Å². The molecule has 0 radical (unpaired) electrons. The first-order chi connectivity index (χ1) is 17.4. The van der Waals surface area contributed by atoms with Crippen molar-refractivity contribution in [3.63, 3.8) is 0 Å². The van der Waals surface area contributed by atoms with E-state index in [2.05, 4.69) is 15.6 Å². The molecule has 186 valence electrons. The number of hydrogen-bond donors (Lipinski definition) is 1. The van der Waals surface area contributed by atoms with Crippen LogP contribution in [0.5, 0.6) is 11.5 Å². The van der Waals surface area contributed by atoms with E-state index in [0.717, 1.165) is 11.1 Å². The van der Waals surface area contributed by atoms with E-state index in [1.165, 1.54) is 7.11 Å². The fourth-order valence-corrected chi connectivity index (χ4v) is 5.86. The Morgan fingerprint density at radius 3 is 2.50 bits per heavy atom. The van der Waals surface area contributed by atoms with Gasteiger partial charge in [0.05, 0.1) is 37.5 Å². The average molecular weight is 509 g/mol. The van der Waals surface area contributed by atoms with Gasteiger partial charge in [0.1, 0.15) is 5.82 Å². The number of ether oxygens (including phenoxy) is 2. The van der Waals surface area contributed by atoms with Gasteiger partial charge < -0.3 is 19.3 Å². The minimum Gasteiger partial charge on any atom is -0.493 e. The molecule has 3 heterocycles. The lowest BCUT2D eigenvalue weighted by molar-refractivity contribution is 0.101. The third-order valence-electron chi connectivity index (χ3n) is 6.01. The number of sulfone groups is 1. The van der Waals surface area contributed by atoms with Crippen molar-refractivity contribution in [2.75, 3.05) is 31.0 Å². The zero-order valence-corrected chi connectivity index (χ0v) is 20.5. The van der Waals surface area contributed by atoms with Crippen molar-refractivity contribution in [1.29, 1.82) is 0 Å². The predicted molar refractivity (Wildman–Crippen MR) is 133 cm³/mol. The summed E-state index contributed by atoms with van der Waals surface area (Å²) in [6.07, 6.45) is 0.403. The number of carbonyl (C=O) groups excluding carboxylic acids is 1. The standard InChI is InChI=1S/C25H24N4O6S/c1-33-21-9-8-17(12-23(21)34-2)19-14-24(29(27-19)18-10-11-36(31,32)15-18)26-25(30)20-13-22(35-28-20)16-6-4-3-5-7-16/h3-9,12-14,18H,10-11,15H2,1-2H3,(H,26,30). The molecule has 1 saturated heterocycles. The molecule has 10 nitrogen and oxygen atoms in total. The number of methoxy groups -OCH3 is 2. The van der Waals surface area contributed by atoms with Crippen LogP contribution in [-0.2, 0) is 9.84 Å². The lowest BCUT2D eigenvalue weighted by Crippen LogP contribution is -2.19. The molecule has 11 heteroatoms. The number of hydrogen-bond acceptors (Lipinski definition) is 8. The van der Waals surface area contributed by atoms with Crippen LogP contribution in [0.4, 0.5) is 5.82 Å². The van der Waals surface area contributed by atoms with E-state index < -0.39 is 21.8 Å². The Morgan fingerprint density at radius 2 is 1.81 bits per heavy atom. The highest BCUT2D eigenvalue weighted by molar-refractivity contribution is 7.91. The summed E-state index contributed by atoms with van der Waals surface area (Å²) in [4.78, 5) is 13.1. The predicted octanol–water partition coefficient (Wildman–Crippen LogP) is 3.83. The van der Waals surface area contributed by atoms with Gasteiger partial charge in [0.25, 0.3) is 5.91 Å². The van der Waals surface area contributed by atoms with Crippen LogP contribution < -0.4 is 14.8 Å². The van der Waals surface area contributed by atoms with Crippen LogP contribution in [0.15, 0.2) is 65.2 Å². The van der Waals surface area contributed by atoms with Crippen molar-refractivity contribution in [3.05, 3.63) is 66.4 Å². The molecule has 0 spiro atoms. The van der Waals surface area contributed by atoms with Gasteiger partial charge in [0.15, 0.2) is 32.8 Å². The average Bonchev–Trinajstić information content (AvgIpc) is 3.62. The Labute approximate surface area is 207 Å². The fourth-order valence-electron chi connectivity index (χ4n) is 4.17. The highest BCUT2D eigenvalue weighted by Gasteiger charge is 2.32. The van der Waals surface area contributed by atoms with Crippen LogP contribution in [0.3, 0.4) is 0 Å². The summed E-state index contributed by atoms with van der Waals surface area (Å²) >= 11 is 0. The quantitative estimate of drug-likeness (QED) is 0.399. The van der Waals surface area contributed by atoms with Gasteiger partial charge in [-0.3, -0.25) is 4.79 Å². The molecule has 0 bridgehead atoms. The molecule has 1 aliphatic heterocycles. The molecule has 1 fully saturated rings. The summed E-state index contributed by atoms with van der Waals surface area (Å²) < 4.78 is 41.9. The molecular formula is C25H24N4O6S. The van der Waals surface area contributed by atoms with E-state index in [9.17, 15) is 13.2 Å². The fraction of sp³-hybridized carbons (Fsp3) is 0.240. The first-order valence-electron chi connectivity index (χ1n) is 11.2. The smallest absolute Gasteiger partial charge is 0.279 e. The van der Waals surface area contributed by atoms with Gasteiger partial charge in [-0.15, -0.1) is 0 Å². The zero-order chi connectivity index (χ0) is 25.3. The summed E-state index contributed by atoms with van der Waals surface area (Å²) in [5, 5.41) is 11.4. The number of nitrogens with zero attached hydrogens (tertiary/aromatic N) is 3. The minimum atomic E-state index is -3.18. The van der Waals surface area contributed by atoms with Crippen LogP contribution in [0.25, 0.3) is 22.6 Å². The number of rotatable bonds is 7. The largest absolute Gasteiger partial charge is 0.493 e. The number of carbonyl (C=O) groups is 1. The SMILES string of the molecule is COc1ccc(-c2cc(NC(=O)c3cc(-c4ccccc4)on3)n(C3CCS(=O)(=O)C3)n2)cc1OC. The van der Waals surface area contributed by atoms with Crippen molar-refractivity contribution in [3.8, 4) is 34.1 Å². The van der Waals surface area contributed by atoms with Crippen molar-refractivity contribution in [1.82, 2.24) is 14.9 Å². The van der Waals surface area contributed by atoms with Gasteiger partial charge in [-0.05, 0) is 24.6 Å². The first-order valence-corrected chi connectivity index (χ1v) is 13.0. The molecule has 0 aliphatic carbocycles. The topological polar surface area (TPSA) is 126 Å². The van der Waals surface area contributed by atoms with Gasteiger partial charge >= 0.3 is 0 Å². The lowest BCUT2D eigenvalue weighted by Gasteiger charge is -2.13. The summed E-state index contributed by atoms with van der Waals surface area (Å²) in [5.41, 5.74) is 2.14. The highest BCUT2D eigenvalue weighted by atomic mass is 32.2. The summed E-state index contributed by atoms with van der Waals surface area (Å²) in [7, 11) is -0.0931. The molecule has 1 N–H and O–H groups in total. The molecular weight excluding hydrogens is 484 g/mol. The first kappa shape index (κ1) is 23.6. The van der Waals surface area contributed by atoms with E-state index in [1.54, 1.807) is 36.1 Å². The monoisotopic (exact) mass is 508 g/mol. The Bertz CT molecular complexity index is 1510. The number of benzene rings is 2. The van der Waals surface area contributed by atoms with Crippen LogP contribution >= 0.6 is 0 Å². The molecule has 1 unspecified atom stereocenters. The van der Waals surface area contributed by atoms with Crippen LogP contribution in [0.1, 0.15) is 23.0 Å². The summed E-state index contributed by atoms with van der Waals surface area (Å²) in [5.74, 6) is 1.43. The molecule has 0 saturated carbocycles. The lowest BCUT2D eigenvalue weighted by atomic mass is 10.1. The summed E-state index contributed by atoms with van der Waals surface area (Å²) in [6.45, 7) is 0. The third-order valence-corrected chi connectivity index (χ3v) is 7.76. The second-order valence-electron chi connectivity index (χ2n) is 8.38. The van der Waals surface area contributed by atoms with Gasteiger partial charge in [0.2, 0.25) is 0 Å². The zero-order valence-electron chi connectivity index (χ0n) is 19.7. The molecule has 2 aromatic carbocycles. The summed E-state index contributed by atoms with van der Waals surface area (Å²) in [6, 6.07) is 17.5. The van der Waals surface area contributed by atoms with E-state index >= 15 is 0 Å². The van der Waals surface area contributed by atoms with E-state index in [4.69, 9.17) is 14.0 Å². The highest BCUT2D eigenvalue weighted by Crippen LogP contribution is 2.35. The molecule has 36 heavy (non-hydrogen) atoms. The van der Waals surface area contributed by atoms with E-state index in [1.807, 2.05) is 36.4 Å². The maximum absolute atomic E-state index is 13.1. The number of nitrogens with one attached hydrogen (secondary N) is 1. The van der Waals surface area contributed by atoms with Crippen molar-refractivity contribution in [2.24, 2.45) is 0 Å². The molecule has 5 rings (SSSR count). The van der Waals surface area contributed by atoms with Crippen LogP contribution in [-0.4, -0.2) is 55.0 Å². The maximum atomic E-state index is 13.1. The maximum Gasteiger partial charge on any atom is 0.279 e. The second-order valence-corrected chi connectivity index (χ2v) is 10.6. The van der Waals surface area contributed by atoms with Gasteiger partial charge in [0, 0.05) is 23.3 Å². The molecule has 1 aliphatic rings. The third kappa shape index (κ3) is 4.69. The molecule has 1 atom stereocenters. The molecule has 2 aromatic heterocycles. The normalized spacial score (nSPS) is 16.6. The van der Waals surface area contributed by atoms with Gasteiger partial charge in [-0.2, -0.15) is 5.10 Å². The molecule has 4 aromatic rings. The Balaban J connectivity index is 1.48. The van der Waals surface area contributed by atoms with Crippen molar-refractivity contribution >= 4 is 21.6 Å². The number of aromatic nitrogens is 3. The minimum absolute atomic E-state index is 0.0506.